The summed E-state index contributed by atoms with van der Waals surface area (Å²) >= 11 is 0. The van der Waals surface area contributed by atoms with Crippen molar-refractivity contribution >= 4 is 0 Å². The third-order valence-electron chi connectivity index (χ3n) is 3.89. The first-order chi connectivity index (χ1) is 10.6. The molecule has 0 heterocycles. The maximum absolute atomic E-state index is 5.21. The van der Waals surface area contributed by atoms with Gasteiger partial charge in [-0.1, -0.05) is 42.5 Å². The van der Waals surface area contributed by atoms with Crippen molar-refractivity contribution in [1.29, 1.82) is 0 Å². The van der Waals surface area contributed by atoms with E-state index in [1.807, 2.05) is 12.1 Å². The Morgan fingerprint density at radius 3 is 2.23 bits per heavy atom. The lowest BCUT2D eigenvalue weighted by atomic mass is 9.94. The molecule has 118 valence electrons. The standard InChI is InChI=1S/C20H27NO/c1-20(2,16-18-11-13-19(22-3)14-12-18)21-15-7-10-17-8-5-4-6-9-17/h4-6,8-9,11-14,21H,7,10,15-16H2,1-3H3. The number of ether oxygens (including phenoxy) is 1. The molecule has 0 aliphatic carbocycles. The molecule has 0 aliphatic rings. The van der Waals surface area contributed by atoms with E-state index in [0.717, 1.165) is 31.6 Å². The van der Waals surface area contributed by atoms with Crippen molar-refractivity contribution in [2.45, 2.75) is 38.6 Å². The van der Waals surface area contributed by atoms with E-state index in [-0.39, 0.29) is 5.54 Å². The minimum atomic E-state index is 0.102. The van der Waals surface area contributed by atoms with Gasteiger partial charge in [0.1, 0.15) is 5.75 Å². The molecule has 0 saturated carbocycles. The lowest BCUT2D eigenvalue weighted by Crippen LogP contribution is -2.41. The lowest BCUT2D eigenvalue weighted by molar-refractivity contribution is 0.383. The van der Waals surface area contributed by atoms with E-state index < -0.39 is 0 Å². The third kappa shape index (κ3) is 5.53. The molecular weight excluding hydrogens is 270 g/mol. The van der Waals surface area contributed by atoms with Crippen LogP contribution in [0, 0.1) is 0 Å². The van der Waals surface area contributed by atoms with Gasteiger partial charge in [0, 0.05) is 5.54 Å². The van der Waals surface area contributed by atoms with Crippen LogP contribution < -0.4 is 10.1 Å². The summed E-state index contributed by atoms with van der Waals surface area (Å²) in [5.74, 6) is 0.914. The van der Waals surface area contributed by atoms with Gasteiger partial charge in [0.25, 0.3) is 0 Å². The molecule has 0 atom stereocenters. The number of nitrogens with one attached hydrogen (secondary N) is 1. The van der Waals surface area contributed by atoms with Gasteiger partial charge in [-0.3, -0.25) is 0 Å². The Bertz CT molecular complexity index is 546. The largest absolute Gasteiger partial charge is 0.497 e. The maximum atomic E-state index is 5.21. The predicted octanol–water partition coefficient (Wildman–Crippen LogP) is 4.24. The van der Waals surface area contributed by atoms with Crippen LogP contribution >= 0.6 is 0 Å². The third-order valence-corrected chi connectivity index (χ3v) is 3.89. The molecule has 2 rings (SSSR count). The van der Waals surface area contributed by atoms with Crippen molar-refractivity contribution < 1.29 is 4.74 Å². The van der Waals surface area contributed by atoms with E-state index in [4.69, 9.17) is 4.74 Å². The van der Waals surface area contributed by atoms with E-state index in [2.05, 4.69) is 61.6 Å². The van der Waals surface area contributed by atoms with Crippen molar-refractivity contribution in [3.05, 3.63) is 65.7 Å². The quantitative estimate of drug-likeness (QED) is 0.736. The summed E-state index contributed by atoms with van der Waals surface area (Å²) in [7, 11) is 1.70. The summed E-state index contributed by atoms with van der Waals surface area (Å²) in [5.41, 5.74) is 2.85. The van der Waals surface area contributed by atoms with Crippen LogP contribution in [0.1, 0.15) is 31.4 Å². The molecular formula is C20H27NO. The molecule has 2 aromatic carbocycles. The Hall–Kier alpha value is -1.80. The van der Waals surface area contributed by atoms with E-state index >= 15 is 0 Å². The molecule has 0 unspecified atom stereocenters. The summed E-state index contributed by atoms with van der Waals surface area (Å²) in [6, 6.07) is 19.0. The lowest BCUT2D eigenvalue weighted by Gasteiger charge is -2.26. The zero-order chi connectivity index (χ0) is 15.8. The van der Waals surface area contributed by atoms with Crippen LogP contribution in [0.15, 0.2) is 54.6 Å². The molecule has 0 radical (unpaired) electrons. The number of rotatable bonds is 8. The molecule has 1 N–H and O–H groups in total. The second kappa shape index (κ2) is 8.00. The zero-order valence-corrected chi connectivity index (χ0v) is 13.9. The van der Waals surface area contributed by atoms with E-state index in [1.54, 1.807) is 7.11 Å². The Morgan fingerprint density at radius 1 is 0.909 bits per heavy atom. The van der Waals surface area contributed by atoms with Gasteiger partial charge in [0.05, 0.1) is 7.11 Å². The Balaban J connectivity index is 1.75. The molecule has 2 nitrogen and oxygen atoms in total. The van der Waals surface area contributed by atoms with Crippen molar-refractivity contribution in [2.24, 2.45) is 0 Å². The van der Waals surface area contributed by atoms with Gasteiger partial charge < -0.3 is 10.1 Å². The van der Waals surface area contributed by atoms with Gasteiger partial charge in [-0.05, 0) is 62.9 Å². The first-order valence-electron chi connectivity index (χ1n) is 8.01. The molecule has 2 aromatic rings. The second-order valence-electron chi connectivity index (χ2n) is 6.42. The highest BCUT2D eigenvalue weighted by Gasteiger charge is 2.17. The van der Waals surface area contributed by atoms with Crippen LogP contribution in [-0.2, 0) is 12.8 Å². The molecule has 22 heavy (non-hydrogen) atoms. The summed E-state index contributed by atoms with van der Waals surface area (Å²) in [4.78, 5) is 0. The number of aryl methyl sites for hydroxylation is 1. The summed E-state index contributed by atoms with van der Waals surface area (Å²) in [6.07, 6.45) is 3.31. The van der Waals surface area contributed by atoms with Gasteiger partial charge in [-0.25, -0.2) is 0 Å². The van der Waals surface area contributed by atoms with Crippen LogP contribution in [0.5, 0.6) is 5.75 Å². The monoisotopic (exact) mass is 297 g/mol. The Kier molecular flexibility index (Phi) is 6.02. The van der Waals surface area contributed by atoms with Crippen LogP contribution in [0.4, 0.5) is 0 Å². The zero-order valence-electron chi connectivity index (χ0n) is 13.9. The van der Waals surface area contributed by atoms with Crippen LogP contribution in [0.3, 0.4) is 0 Å². The summed E-state index contributed by atoms with van der Waals surface area (Å²) in [6.45, 7) is 5.57. The van der Waals surface area contributed by atoms with Crippen molar-refractivity contribution in [3.63, 3.8) is 0 Å². The summed E-state index contributed by atoms with van der Waals surface area (Å²) in [5, 5.41) is 3.68. The van der Waals surface area contributed by atoms with E-state index in [9.17, 15) is 0 Å². The molecule has 0 fully saturated rings. The van der Waals surface area contributed by atoms with Crippen molar-refractivity contribution in [3.8, 4) is 5.75 Å². The number of hydrogen-bond acceptors (Lipinski definition) is 2. The first-order valence-corrected chi connectivity index (χ1v) is 8.01. The minimum absolute atomic E-state index is 0.102. The second-order valence-corrected chi connectivity index (χ2v) is 6.42. The van der Waals surface area contributed by atoms with Crippen LogP contribution in [0.2, 0.25) is 0 Å². The molecule has 0 bridgehead atoms. The fourth-order valence-electron chi connectivity index (χ4n) is 2.68. The van der Waals surface area contributed by atoms with Gasteiger partial charge in [-0.15, -0.1) is 0 Å². The average Bonchev–Trinajstić information content (AvgIpc) is 2.53. The van der Waals surface area contributed by atoms with Crippen molar-refractivity contribution in [1.82, 2.24) is 5.32 Å². The first kappa shape index (κ1) is 16.6. The fourth-order valence-corrected chi connectivity index (χ4v) is 2.68. The van der Waals surface area contributed by atoms with Crippen LogP contribution in [0.25, 0.3) is 0 Å². The SMILES string of the molecule is COc1ccc(CC(C)(C)NCCCc2ccccc2)cc1. The number of benzene rings is 2. The van der Waals surface area contributed by atoms with E-state index in [0.29, 0.717) is 0 Å². The molecule has 0 aromatic heterocycles. The van der Waals surface area contributed by atoms with Gasteiger partial charge in [0.15, 0.2) is 0 Å². The summed E-state index contributed by atoms with van der Waals surface area (Å²) < 4.78 is 5.21. The average molecular weight is 297 g/mol. The highest BCUT2D eigenvalue weighted by atomic mass is 16.5. The topological polar surface area (TPSA) is 21.3 Å². The van der Waals surface area contributed by atoms with Crippen molar-refractivity contribution in [2.75, 3.05) is 13.7 Å². The predicted molar refractivity (Wildman–Crippen MR) is 93.5 cm³/mol. The Morgan fingerprint density at radius 2 is 1.59 bits per heavy atom. The maximum Gasteiger partial charge on any atom is 0.118 e. The molecule has 0 amide bonds. The van der Waals surface area contributed by atoms with Gasteiger partial charge in [-0.2, -0.15) is 0 Å². The normalized spacial score (nSPS) is 11.4. The molecule has 0 saturated heterocycles. The highest BCUT2D eigenvalue weighted by Crippen LogP contribution is 2.17. The smallest absolute Gasteiger partial charge is 0.118 e. The van der Waals surface area contributed by atoms with Gasteiger partial charge in [0.2, 0.25) is 0 Å². The minimum Gasteiger partial charge on any atom is -0.497 e. The molecule has 2 heteroatoms. The Labute approximate surface area is 134 Å². The highest BCUT2D eigenvalue weighted by molar-refractivity contribution is 5.28. The van der Waals surface area contributed by atoms with E-state index in [1.165, 1.54) is 11.1 Å². The van der Waals surface area contributed by atoms with Crippen LogP contribution in [-0.4, -0.2) is 19.2 Å². The fraction of sp³-hybridized carbons (Fsp3) is 0.400. The number of hydrogen-bond donors (Lipinski definition) is 1. The molecule has 0 aliphatic heterocycles. The van der Waals surface area contributed by atoms with Gasteiger partial charge >= 0.3 is 0 Å². The molecule has 0 spiro atoms. The number of methoxy groups -OCH3 is 1.